The van der Waals surface area contributed by atoms with Gasteiger partial charge >= 0.3 is 0 Å². The SMILES string of the molecule is COc1ccc(C(=O)N2CC3(CC(N(C)Cc4ccccc4)CO3)C2)c(OC)c1. The predicted octanol–water partition coefficient (Wildman–Crippen LogP) is 2.82. The number of carbonyl (C=O) groups excluding carboxylic acids is 1. The van der Waals surface area contributed by atoms with Crippen molar-refractivity contribution in [2.24, 2.45) is 0 Å². The first-order valence-corrected chi connectivity index (χ1v) is 9.93. The van der Waals surface area contributed by atoms with Crippen molar-refractivity contribution in [3.8, 4) is 11.5 Å². The molecular formula is C23H28N2O4. The maximum Gasteiger partial charge on any atom is 0.257 e. The van der Waals surface area contributed by atoms with Crippen LogP contribution in [-0.4, -0.2) is 68.3 Å². The Kier molecular flexibility index (Phi) is 5.48. The normalized spacial score (nSPS) is 20.0. The van der Waals surface area contributed by atoms with Gasteiger partial charge in [-0.15, -0.1) is 0 Å². The number of likely N-dealkylation sites (tertiary alicyclic amines) is 1. The number of ether oxygens (including phenoxy) is 3. The molecule has 2 heterocycles. The minimum absolute atomic E-state index is 0.0279. The molecule has 6 heteroatoms. The van der Waals surface area contributed by atoms with Crippen LogP contribution >= 0.6 is 0 Å². The van der Waals surface area contributed by atoms with Gasteiger partial charge in [-0.3, -0.25) is 9.69 Å². The molecule has 2 aliphatic rings. The van der Waals surface area contributed by atoms with Gasteiger partial charge in [0.05, 0.1) is 39.5 Å². The number of nitrogens with zero attached hydrogens (tertiary/aromatic N) is 2. The summed E-state index contributed by atoms with van der Waals surface area (Å²) in [5, 5.41) is 0. The van der Waals surface area contributed by atoms with Gasteiger partial charge in [-0.05, 0) is 31.2 Å². The number of rotatable bonds is 6. The maximum atomic E-state index is 12.9. The summed E-state index contributed by atoms with van der Waals surface area (Å²) in [6.45, 7) is 2.85. The standard InChI is InChI=1S/C23H28N2O4/c1-24(13-17-7-5-4-6-8-17)18-12-23(29-14-18)15-25(16-23)22(26)20-10-9-19(27-2)11-21(20)28-3/h4-11,18H,12-16H2,1-3H3. The van der Waals surface area contributed by atoms with Crippen molar-refractivity contribution in [3.05, 3.63) is 59.7 Å². The van der Waals surface area contributed by atoms with E-state index >= 15 is 0 Å². The third-order valence-corrected chi connectivity index (χ3v) is 5.97. The highest BCUT2D eigenvalue weighted by molar-refractivity contribution is 5.97. The zero-order valence-electron chi connectivity index (χ0n) is 17.3. The van der Waals surface area contributed by atoms with Crippen molar-refractivity contribution in [2.45, 2.75) is 24.6 Å². The molecule has 29 heavy (non-hydrogen) atoms. The van der Waals surface area contributed by atoms with Crippen LogP contribution in [0.25, 0.3) is 0 Å². The number of carbonyl (C=O) groups is 1. The van der Waals surface area contributed by atoms with Crippen molar-refractivity contribution in [1.29, 1.82) is 0 Å². The number of methoxy groups -OCH3 is 2. The van der Waals surface area contributed by atoms with Crippen LogP contribution in [0.3, 0.4) is 0 Å². The largest absolute Gasteiger partial charge is 0.497 e. The van der Waals surface area contributed by atoms with Gasteiger partial charge in [-0.2, -0.15) is 0 Å². The summed E-state index contributed by atoms with van der Waals surface area (Å²) in [5.41, 5.74) is 1.64. The van der Waals surface area contributed by atoms with Gasteiger partial charge in [0.15, 0.2) is 0 Å². The van der Waals surface area contributed by atoms with E-state index in [4.69, 9.17) is 14.2 Å². The molecule has 0 N–H and O–H groups in total. The van der Waals surface area contributed by atoms with Crippen LogP contribution in [0.2, 0.25) is 0 Å². The predicted molar refractivity (Wildman–Crippen MR) is 110 cm³/mol. The van der Waals surface area contributed by atoms with Crippen molar-refractivity contribution >= 4 is 5.91 Å². The van der Waals surface area contributed by atoms with Gasteiger partial charge in [-0.1, -0.05) is 30.3 Å². The van der Waals surface area contributed by atoms with Gasteiger partial charge in [0.2, 0.25) is 0 Å². The first-order chi connectivity index (χ1) is 14.0. The zero-order chi connectivity index (χ0) is 20.4. The van der Waals surface area contributed by atoms with Crippen LogP contribution in [0, 0.1) is 0 Å². The average Bonchev–Trinajstić information content (AvgIpc) is 3.18. The molecule has 2 fully saturated rings. The van der Waals surface area contributed by atoms with E-state index in [0.29, 0.717) is 42.8 Å². The van der Waals surface area contributed by atoms with Crippen LogP contribution in [-0.2, 0) is 11.3 Å². The van der Waals surface area contributed by atoms with Crippen LogP contribution in [0.4, 0.5) is 0 Å². The fourth-order valence-corrected chi connectivity index (χ4v) is 4.26. The number of amides is 1. The summed E-state index contributed by atoms with van der Waals surface area (Å²) in [5.74, 6) is 1.17. The van der Waals surface area contributed by atoms with E-state index in [-0.39, 0.29) is 11.5 Å². The van der Waals surface area contributed by atoms with Crippen LogP contribution < -0.4 is 9.47 Å². The molecular weight excluding hydrogens is 368 g/mol. The van der Waals surface area contributed by atoms with Crippen molar-refractivity contribution in [3.63, 3.8) is 0 Å². The summed E-state index contributed by atoms with van der Waals surface area (Å²) in [6, 6.07) is 16.1. The van der Waals surface area contributed by atoms with Crippen molar-refractivity contribution in [1.82, 2.24) is 9.80 Å². The molecule has 1 unspecified atom stereocenters. The summed E-state index contributed by atoms with van der Waals surface area (Å²) in [7, 11) is 5.30. The average molecular weight is 396 g/mol. The molecule has 0 saturated carbocycles. The van der Waals surface area contributed by atoms with E-state index in [2.05, 4.69) is 36.2 Å². The fourth-order valence-electron chi connectivity index (χ4n) is 4.26. The smallest absolute Gasteiger partial charge is 0.257 e. The summed E-state index contributed by atoms with van der Waals surface area (Å²) in [4.78, 5) is 17.1. The topological polar surface area (TPSA) is 51.2 Å². The Morgan fingerprint density at radius 3 is 2.62 bits per heavy atom. The molecule has 4 rings (SSSR count). The third-order valence-electron chi connectivity index (χ3n) is 5.97. The van der Waals surface area contributed by atoms with Crippen LogP contribution in [0.5, 0.6) is 11.5 Å². The highest BCUT2D eigenvalue weighted by Crippen LogP contribution is 2.38. The van der Waals surface area contributed by atoms with E-state index in [1.807, 2.05) is 11.0 Å². The van der Waals surface area contributed by atoms with E-state index in [1.54, 1.807) is 32.4 Å². The molecule has 0 aliphatic carbocycles. The molecule has 6 nitrogen and oxygen atoms in total. The molecule has 2 aromatic carbocycles. The first kappa shape index (κ1) is 19.7. The number of hydrogen-bond donors (Lipinski definition) is 0. The third kappa shape index (κ3) is 3.95. The lowest BCUT2D eigenvalue weighted by atomic mass is 9.88. The Hall–Kier alpha value is -2.57. The summed E-state index contributed by atoms with van der Waals surface area (Å²) < 4.78 is 16.8. The first-order valence-electron chi connectivity index (χ1n) is 9.93. The molecule has 0 radical (unpaired) electrons. The second kappa shape index (κ2) is 8.05. The molecule has 0 bridgehead atoms. The Balaban J connectivity index is 1.35. The molecule has 2 aliphatic heterocycles. The highest BCUT2D eigenvalue weighted by Gasteiger charge is 2.52. The van der Waals surface area contributed by atoms with Crippen LogP contribution in [0.15, 0.2) is 48.5 Å². The van der Waals surface area contributed by atoms with E-state index < -0.39 is 0 Å². The lowest BCUT2D eigenvalue weighted by Gasteiger charge is -2.47. The van der Waals surface area contributed by atoms with Gasteiger partial charge in [0.1, 0.15) is 17.1 Å². The van der Waals surface area contributed by atoms with E-state index in [1.165, 1.54) is 5.56 Å². The number of benzene rings is 2. The van der Waals surface area contributed by atoms with Crippen molar-refractivity contribution in [2.75, 3.05) is 41.0 Å². The lowest BCUT2D eigenvalue weighted by Crippen LogP contribution is -2.63. The van der Waals surface area contributed by atoms with Gasteiger partial charge < -0.3 is 19.1 Å². The summed E-state index contributed by atoms with van der Waals surface area (Å²) >= 11 is 0. The molecule has 154 valence electrons. The minimum Gasteiger partial charge on any atom is -0.497 e. The van der Waals surface area contributed by atoms with Gasteiger partial charge in [0.25, 0.3) is 5.91 Å². The Labute approximate surface area is 172 Å². The van der Waals surface area contributed by atoms with E-state index in [9.17, 15) is 4.79 Å². The number of hydrogen-bond acceptors (Lipinski definition) is 5. The fraction of sp³-hybridized carbons (Fsp3) is 0.435. The van der Waals surface area contributed by atoms with E-state index in [0.717, 1.165) is 13.0 Å². The zero-order valence-corrected chi connectivity index (χ0v) is 17.3. The van der Waals surface area contributed by atoms with Crippen molar-refractivity contribution < 1.29 is 19.0 Å². The molecule has 2 aromatic rings. The Morgan fingerprint density at radius 2 is 1.93 bits per heavy atom. The summed E-state index contributed by atoms with van der Waals surface area (Å²) in [6.07, 6.45) is 0.944. The molecule has 0 aromatic heterocycles. The Morgan fingerprint density at radius 1 is 1.17 bits per heavy atom. The lowest BCUT2D eigenvalue weighted by molar-refractivity contribution is -0.0951. The number of likely N-dealkylation sites (N-methyl/N-ethyl adjacent to an activating group) is 1. The van der Waals surface area contributed by atoms with Crippen LogP contribution in [0.1, 0.15) is 22.3 Å². The van der Waals surface area contributed by atoms with Gasteiger partial charge in [-0.25, -0.2) is 0 Å². The molecule has 1 atom stereocenters. The quantitative estimate of drug-likeness (QED) is 0.752. The molecule has 1 amide bonds. The van der Waals surface area contributed by atoms with Gasteiger partial charge in [0, 0.05) is 18.7 Å². The second-order valence-electron chi connectivity index (χ2n) is 7.98. The minimum atomic E-state index is -0.217. The highest BCUT2D eigenvalue weighted by atomic mass is 16.5. The molecule has 1 spiro atoms. The Bertz CT molecular complexity index is 864. The molecule has 2 saturated heterocycles. The maximum absolute atomic E-state index is 12.9. The second-order valence-corrected chi connectivity index (χ2v) is 7.98. The monoisotopic (exact) mass is 396 g/mol.